The molecular formula is C10H21O. The molecule has 0 aromatic rings. The summed E-state index contributed by atoms with van der Waals surface area (Å²) in [6.45, 7) is 7.28. The van der Waals surface area contributed by atoms with Gasteiger partial charge in [0.2, 0.25) is 0 Å². The molecule has 0 bridgehead atoms. The summed E-state index contributed by atoms with van der Waals surface area (Å²) in [6, 6.07) is 0. The molecule has 0 atom stereocenters. The zero-order valence-electron chi connectivity index (χ0n) is 7.94. The van der Waals surface area contributed by atoms with Crippen molar-refractivity contribution in [2.75, 3.05) is 6.61 Å². The monoisotopic (exact) mass is 157 g/mol. The summed E-state index contributed by atoms with van der Waals surface area (Å²) in [5.74, 6) is 0. The Kier molecular flexibility index (Phi) is 9.92. The van der Waals surface area contributed by atoms with E-state index in [1.807, 2.05) is 6.61 Å². The van der Waals surface area contributed by atoms with Crippen LogP contribution in [0.15, 0.2) is 0 Å². The minimum atomic E-state index is 0.914. The molecule has 0 N–H and O–H groups in total. The van der Waals surface area contributed by atoms with Gasteiger partial charge in [0.15, 0.2) is 0 Å². The van der Waals surface area contributed by atoms with Crippen LogP contribution in [0.3, 0.4) is 0 Å². The van der Waals surface area contributed by atoms with E-state index in [9.17, 15) is 0 Å². The Labute approximate surface area is 71.1 Å². The predicted molar refractivity (Wildman–Crippen MR) is 49.3 cm³/mol. The average molecular weight is 157 g/mol. The number of ether oxygens (including phenoxy) is 1. The molecule has 0 unspecified atom stereocenters. The molecule has 0 aliphatic rings. The number of hydrogen-bond acceptors (Lipinski definition) is 1. The van der Waals surface area contributed by atoms with E-state index in [-0.39, 0.29) is 0 Å². The Balaban J connectivity index is 2.69. The molecule has 0 saturated heterocycles. The van der Waals surface area contributed by atoms with Gasteiger partial charge in [-0.05, 0) is 12.8 Å². The van der Waals surface area contributed by atoms with Crippen LogP contribution in [0.1, 0.15) is 52.4 Å². The van der Waals surface area contributed by atoms with Crippen LogP contribution in [0.2, 0.25) is 0 Å². The zero-order valence-corrected chi connectivity index (χ0v) is 7.94. The Morgan fingerprint density at radius 1 is 1.00 bits per heavy atom. The molecule has 67 valence electrons. The van der Waals surface area contributed by atoms with Crippen molar-refractivity contribution in [3.8, 4) is 0 Å². The number of hydrogen-bond donors (Lipinski definition) is 0. The highest BCUT2D eigenvalue weighted by atomic mass is 16.5. The average Bonchev–Trinajstić information content (AvgIpc) is 2.03. The van der Waals surface area contributed by atoms with Crippen LogP contribution >= 0.6 is 0 Å². The van der Waals surface area contributed by atoms with E-state index in [4.69, 9.17) is 4.74 Å². The van der Waals surface area contributed by atoms with Crippen LogP contribution < -0.4 is 0 Å². The SMILES string of the molecule is CCCC[CH]OCCCCC. The second-order valence-corrected chi connectivity index (χ2v) is 2.89. The normalized spacial score (nSPS) is 10.4. The summed E-state index contributed by atoms with van der Waals surface area (Å²) in [7, 11) is 0. The highest BCUT2D eigenvalue weighted by molar-refractivity contribution is 4.50. The lowest BCUT2D eigenvalue weighted by atomic mass is 10.2. The van der Waals surface area contributed by atoms with Gasteiger partial charge in [-0.25, -0.2) is 0 Å². The highest BCUT2D eigenvalue weighted by Gasteiger charge is 1.88. The van der Waals surface area contributed by atoms with E-state index in [2.05, 4.69) is 13.8 Å². The first kappa shape index (κ1) is 11.0. The van der Waals surface area contributed by atoms with E-state index in [1.54, 1.807) is 0 Å². The van der Waals surface area contributed by atoms with E-state index in [0.717, 1.165) is 13.0 Å². The topological polar surface area (TPSA) is 9.23 Å². The molecule has 1 heteroatoms. The van der Waals surface area contributed by atoms with Gasteiger partial charge in [0, 0.05) is 6.61 Å². The molecule has 0 heterocycles. The van der Waals surface area contributed by atoms with E-state index in [1.165, 1.54) is 32.1 Å². The van der Waals surface area contributed by atoms with Crippen molar-refractivity contribution in [1.82, 2.24) is 0 Å². The zero-order chi connectivity index (χ0) is 8.36. The quantitative estimate of drug-likeness (QED) is 0.490. The van der Waals surface area contributed by atoms with E-state index in [0.29, 0.717) is 0 Å². The molecule has 0 spiro atoms. The van der Waals surface area contributed by atoms with Crippen LogP contribution in [0.25, 0.3) is 0 Å². The third-order valence-corrected chi connectivity index (χ3v) is 1.66. The molecular weight excluding hydrogens is 136 g/mol. The summed E-state index contributed by atoms with van der Waals surface area (Å²) in [5, 5.41) is 0. The predicted octanol–water partition coefficient (Wildman–Crippen LogP) is 3.55. The van der Waals surface area contributed by atoms with Crippen LogP contribution in [-0.4, -0.2) is 6.61 Å². The minimum absolute atomic E-state index is 0.914. The third kappa shape index (κ3) is 9.96. The molecule has 0 amide bonds. The number of unbranched alkanes of at least 4 members (excludes halogenated alkanes) is 4. The van der Waals surface area contributed by atoms with Gasteiger partial charge in [0.1, 0.15) is 0 Å². The molecule has 0 rings (SSSR count). The van der Waals surface area contributed by atoms with Crippen molar-refractivity contribution >= 4 is 0 Å². The van der Waals surface area contributed by atoms with Gasteiger partial charge in [-0.1, -0.05) is 39.5 Å². The van der Waals surface area contributed by atoms with Gasteiger partial charge in [-0.3, -0.25) is 0 Å². The van der Waals surface area contributed by atoms with Crippen molar-refractivity contribution in [3.05, 3.63) is 6.61 Å². The summed E-state index contributed by atoms with van der Waals surface area (Å²) in [5.41, 5.74) is 0. The maximum Gasteiger partial charge on any atom is 0.0836 e. The maximum atomic E-state index is 5.31. The third-order valence-electron chi connectivity index (χ3n) is 1.66. The lowest BCUT2D eigenvalue weighted by Gasteiger charge is -2.01. The second-order valence-electron chi connectivity index (χ2n) is 2.89. The summed E-state index contributed by atoms with van der Waals surface area (Å²) < 4.78 is 5.31. The summed E-state index contributed by atoms with van der Waals surface area (Å²) in [4.78, 5) is 0. The smallest absolute Gasteiger partial charge is 0.0836 e. The molecule has 0 aromatic carbocycles. The fraction of sp³-hybridized carbons (Fsp3) is 0.900. The molecule has 11 heavy (non-hydrogen) atoms. The fourth-order valence-corrected chi connectivity index (χ4v) is 0.890. The standard InChI is InChI=1S/C10H21O/c1-3-5-7-9-11-10-8-6-4-2/h9H,3-8,10H2,1-2H3. The first-order chi connectivity index (χ1) is 5.41. The van der Waals surface area contributed by atoms with Crippen molar-refractivity contribution < 1.29 is 4.74 Å². The Morgan fingerprint density at radius 3 is 2.36 bits per heavy atom. The van der Waals surface area contributed by atoms with Gasteiger partial charge >= 0.3 is 0 Å². The number of rotatable bonds is 8. The van der Waals surface area contributed by atoms with Crippen molar-refractivity contribution in [1.29, 1.82) is 0 Å². The molecule has 0 aliphatic carbocycles. The van der Waals surface area contributed by atoms with Gasteiger partial charge in [-0.2, -0.15) is 0 Å². The maximum absolute atomic E-state index is 5.31. The Bertz CT molecular complexity index is 53.9. The summed E-state index contributed by atoms with van der Waals surface area (Å²) in [6.07, 6.45) is 7.41. The van der Waals surface area contributed by atoms with E-state index < -0.39 is 0 Å². The van der Waals surface area contributed by atoms with Gasteiger partial charge in [0.05, 0.1) is 6.61 Å². The molecule has 0 fully saturated rings. The molecule has 1 nitrogen and oxygen atoms in total. The Hall–Kier alpha value is -0.0400. The lowest BCUT2D eigenvalue weighted by molar-refractivity contribution is 0.184. The van der Waals surface area contributed by atoms with E-state index >= 15 is 0 Å². The molecule has 1 radical (unpaired) electrons. The van der Waals surface area contributed by atoms with Crippen molar-refractivity contribution in [3.63, 3.8) is 0 Å². The van der Waals surface area contributed by atoms with Gasteiger partial charge < -0.3 is 4.74 Å². The van der Waals surface area contributed by atoms with Crippen molar-refractivity contribution in [2.24, 2.45) is 0 Å². The fourth-order valence-electron chi connectivity index (χ4n) is 0.890. The van der Waals surface area contributed by atoms with Crippen LogP contribution in [0.5, 0.6) is 0 Å². The molecule has 0 aromatic heterocycles. The Morgan fingerprint density at radius 2 is 1.73 bits per heavy atom. The van der Waals surface area contributed by atoms with Crippen molar-refractivity contribution in [2.45, 2.75) is 52.4 Å². The molecule has 0 saturated carbocycles. The second kappa shape index (κ2) is 9.96. The minimum Gasteiger partial charge on any atom is -0.376 e. The first-order valence-corrected chi connectivity index (χ1v) is 4.85. The van der Waals surface area contributed by atoms with Gasteiger partial charge in [0.25, 0.3) is 0 Å². The summed E-state index contributed by atoms with van der Waals surface area (Å²) >= 11 is 0. The highest BCUT2D eigenvalue weighted by Crippen LogP contribution is 2.00. The molecule has 0 aliphatic heterocycles. The van der Waals surface area contributed by atoms with Gasteiger partial charge in [-0.15, -0.1) is 0 Å². The van der Waals surface area contributed by atoms with Crippen LogP contribution in [0, 0.1) is 6.61 Å². The lowest BCUT2D eigenvalue weighted by Crippen LogP contribution is -1.91. The first-order valence-electron chi connectivity index (χ1n) is 4.85. The largest absolute Gasteiger partial charge is 0.376 e. The van der Waals surface area contributed by atoms with Crippen LogP contribution in [0.4, 0.5) is 0 Å². The van der Waals surface area contributed by atoms with Crippen LogP contribution in [-0.2, 0) is 4.74 Å².